The van der Waals surface area contributed by atoms with Gasteiger partial charge in [0.2, 0.25) is 0 Å². The molecule has 2 aromatic carbocycles. The highest BCUT2D eigenvalue weighted by Gasteiger charge is 2.29. The maximum absolute atomic E-state index is 13.9. The fraction of sp³-hybridized carbons (Fsp3) is 0.290. The Morgan fingerprint density at radius 3 is 2.42 bits per heavy atom. The van der Waals surface area contributed by atoms with E-state index >= 15 is 0 Å². The van der Waals surface area contributed by atoms with Gasteiger partial charge in [0.05, 0.1) is 40.4 Å². The molecule has 1 N–H and O–H groups in total. The summed E-state index contributed by atoms with van der Waals surface area (Å²) in [5, 5.41) is 3.85. The number of carbonyl (C=O) groups excluding carboxylic acids is 3. The van der Waals surface area contributed by atoms with Gasteiger partial charge in [0, 0.05) is 24.0 Å². The summed E-state index contributed by atoms with van der Waals surface area (Å²) in [6, 6.07) is 16.6. The standard InChI is InChI=1S/C31H33N3O5S/c1-7-34(8-2)30(36)27-19(5)26(31(37)39-18(3)4)29(40-27)33-28(35)23-17-25(20-12-11-13-21(16-20)38-6)32-24-15-10-9-14-22(23)24/h9-18H,7-8H2,1-6H3,(H,33,35). The molecule has 0 radical (unpaired) electrons. The fourth-order valence-electron chi connectivity index (χ4n) is 4.44. The number of carbonyl (C=O) groups is 3. The lowest BCUT2D eigenvalue weighted by Crippen LogP contribution is -2.30. The largest absolute Gasteiger partial charge is 0.497 e. The summed E-state index contributed by atoms with van der Waals surface area (Å²) < 4.78 is 10.9. The molecule has 4 aromatic rings. The third-order valence-corrected chi connectivity index (χ3v) is 7.69. The Hall–Kier alpha value is -4.24. The molecule has 0 saturated carbocycles. The lowest BCUT2D eigenvalue weighted by atomic mass is 10.0. The van der Waals surface area contributed by atoms with Gasteiger partial charge in [-0.1, -0.05) is 30.3 Å². The maximum atomic E-state index is 13.9. The van der Waals surface area contributed by atoms with Crippen LogP contribution in [0.4, 0.5) is 5.00 Å². The zero-order valence-electron chi connectivity index (χ0n) is 23.5. The van der Waals surface area contributed by atoms with E-state index in [4.69, 9.17) is 14.5 Å². The molecular formula is C31H33N3O5S. The number of hydrogen-bond acceptors (Lipinski definition) is 7. The van der Waals surface area contributed by atoms with Crippen molar-refractivity contribution in [3.8, 4) is 17.0 Å². The number of hydrogen-bond donors (Lipinski definition) is 1. The first-order valence-corrected chi connectivity index (χ1v) is 14.0. The van der Waals surface area contributed by atoms with Crippen molar-refractivity contribution in [2.75, 3.05) is 25.5 Å². The maximum Gasteiger partial charge on any atom is 0.341 e. The highest BCUT2D eigenvalue weighted by Crippen LogP contribution is 2.36. The minimum absolute atomic E-state index is 0.189. The van der Waals surface area contributed by atoms with Gasteiger partial charge in [-0.3, -0.25) is 9.59 Å². The summed E-state index contributed by atoms with van der Waals surface area (Å²) in [5.41, 5.74) is 3.09. The minimum Gasteiger partial charge on any atom is -0.497 e. The number of para-hydroxylation sites is 1. The van der Waals surface area contributed by atoms with E-state index in [-0.39, 0.29) is 22.6 Å². The third kappa shape index (κ3) is 5.84. The average molecular weight is 560 g/mol. The molecule has 0 saturated heterocycles. The second-order valence-corrected chi connectivity index (χ2v) is 10.5. The van der Waals surface area contributed by atoms with Gasteiger partial charge in [0.1, 0.15) is 10.8 Å². The molecule has 0 atom stereocenters. The Morgan fingerprint density at radius 2 is 1.75 bits per heavy atom. The van der Waals surface area contributed by atoms with Gasteiger partial charge in [-0.2, -0.15) is 0 Å². The number of nitrogens with zero attached hydrogens (tertiary/aromatic N) is 2. The van der Waals surface area contributed by atoms with Crippen LogP contribution in [0.2, 0.25) is 0 Å². The molecule has 9 heteroatoms. The lowest BCUT2D eigenvalue weighted by Gasteiger charge is -2.18. The van der Waals surface area contributed by atoms with Crippen LogP contribution in [0.25, 0.3) is 22.2 Å². The zero-order chi connectivity index (χ0) is 29.0. The molecule has 2 aromatic heterocycles. The predicted molar refractivity (Wildman–Crippen MR) is 159 cm³/mol. The van der Waals surface area contributed by atoms with Crippen molar-refractivity contribution in [1.82, 2.24) is 9.88 Å². The average Bonchev–Trinajstić information content (AvgIpc) is 3.27. The van der Waals surface area contributed by atoms with E-state index in [9.17, 15) is 14.4 Å². The van der Waals surface area contributed by atoms with Crippen LogP contribution in [-0.2, 0) is 4.74 Å². The Kier molecular flexibility index (Phi) is 8.84. The Labute approximate surface area is 237 Å². The smallest absolute Gasteiger partial charge is 0.341 e. The number of amides is 2. The van der Waals surface area contributed by atoms with Crippen molar-refractivity contribution < 1.29 is 23.9 Å². The molecule has 0 aliphatic carbocycles. The lowest BCUT2D eigenvalue weighted by molar-refractivity contribution is 0.0379. The summed E-state index contributed by atoms with van der Waals surface area (Å²) in [4.78, 5) is 47.1. The Bertz CT molecular complexity index is 1570. The van der Waals surface area contributed by atoms with Crippen molar-refractivity contribution >= 4 is 45.0 Å². The van der Waals surface area contributed by atoms with E-state index in [1.54, 1.807) is 38.8 Å². The van der Waals surface area contributed by atoms with Crippen LogP contribution >= 0.6 is 11.3 Å². The molecule has 208 valence electrons. The Balaban J connectivity index is 1.81. The normalized spacial score (nSPS) is 11.0. The molecule has 0 spiro atoms. The number of anilines is 1. The molecule has 2 amide bonds. The zero-order valence-corrected chi connectivity index (χ0v) is 24.3. The van der Waals surface area contributed by atoms with E-state index in [2.05, 4.69) is 5.32 Å². The number of nitrogens with one attached hydrogen (secondary N) is 1. The SMILES string of the molecule is CCN(CC)C(=O)c1sc(NC(=O)c2cc(-c3cccc(OC)c3)nc3ccccc23)c(C(=O)OC(C)C)c1C. The van der Waals surface area contributed by atoms with E-state index < -0.39 is 11.9 Å². The highest BCUT2D eigenvalue weighted by atomic mass is 32.1. The molecule has 0 aliphatic rings. The Morgan fingerprint density at radius 1 is 1.02 bits per heavy atom. The molecule has 2 heterocycles. The number of ether oxygens (including phenoxy) is 2. The number of fused-ring (bicyclic) bond motifs is 1. The van der Waals surface area contributed by atoms with Crippen molar-refractivity contribution in [1.29, 1.82) is 0 Å². The number of pyridine rings is 1. The number of aromatic nitrogens is 1. The molecule has 0 unspecified atom stereocenters. The van der Waals surface area contributed by atoms with Gasteiger partial charge in [0.25, 0.3) is 11.8 Å². The minimum atomic E-state index is -0.589. The van der Waals surface area contributed by atoms with Gasteiger partial charge < -0.3 is 19.7 Å². The van der Waals surface area contributed by atoms with Crippen molar-refractivity contribution in [3.63, 3.8) is 0 Å². The fourth-order valence-corrected chi connectivity index (χ4v) is 5.60. The molecule has 0 bridgehead atoms. The highest BCUT2D eigenvalue weighted by molar-refractivity contribution is 7.18. The molecular weight excluding hydrogens is 526 g/mol. The summed E-state index contributed by atoms with van der Waals surface area (Å²) in [7, 11) is 1.59. The second-order valence-electron chi connectivity index (χ2n) is 9.45. The van der Waals surface area contributed by atoms with Crippen molar-refractivity contribution in [3.05, 3.63) is 76.2 Å². The van der Waals surface area contributed by atoms with Crippen molar-refractivity contribution in [2.24, 2.45) is 0 Å². The number of thiophene rings is 1. The monoisotopic (exact) mass is 559 g/mol. The van der Waals surface area contributed by atoms with Crippen LogP contribution in [0.15, 0.2) is 54.6 Å². The van der Waals surface area contributed by atoms with Crippen LogP contribution < -0.4 is 10.1 Å². The molecule has 0 fully saturated rings. The molecule has 0 aliphatic heterocycles. The van der Waals surface area contributed by atoms with Crippen LogP contribution in [0.3, 0.4) is 0 Å². The van der Waals surface area contributed by atoms with Crippen LogP contribution in [0.1, 0.15) is 63.6 Å². The van der Waals surface area contributed by atoms with Gasteiger partial charge in [-0.25, -0.2) is 9.78 Å². The summed E-state index contributed by atoms with van der Waals surface area (Å²) in [6.07, 6.45) is -0.369. The third-order valence-electron chi connectivity index (χ3n) is 6.49. The van der Waals surface area contributed by atoms with Gasteiger partial charge in [-0.05, 0) is 64.4 Å². The first-order chi connectivity index (χ1) is 19.2. The summed E-state index contributed by atoms with van der Waals surface area (Å²) in [5.74, 6) is -0.536. The summed E-state index contributed by atoms with van der Waals surface area (Å²) >= 11 is 1.09. The van der Waals surface area contributed by atoms with E-state index in [0.29, 0.717) is 51.4 Å². The first kappa shape index (κ1) is 28.8. The summed E-state index contributed by atoms with van der Waals surface area (Å²) in [6.45, 7) is 10.1. The molecule has 4 rings (SSSR count). The van der Waals surface area contributed by atoms with E-state index in [0.717, 1.165) is 16.9 Å². The van der Waals surface area contributed by atoms with E-state index in [1.807, 2.05) is 62.4 Å². The van der Waals surface area contributed by atoms with Crippen LogP contribution in [0, 0.1) is 6.92 Å². The number of rotatable bonds is 9. The molecule has 40 heavy (non-hydrogen) atoms. The number of benzene rings is 2. The topological polar surface area (TPSA) is 97.8 Å². The first-order valence-electron chi connectivity index (χ1n) is 13.2. The van der Waals surface area contributed by atoms with Gasteiger partial charge in [0.15, 0.2) is 0 Å². The predicted octanol–water partition coefficient (Wildman–Crippen LogP) is 6.58. The van der Waals surface area contributed by atoms with Gasteiger partial charge >= 0.3 is 5.97 Å². The molecule has 8 nitrogen and oxygen atoms in total. The van der Waals surface area contributed by atoms with Gasteiger partial charge in [-0.15, -0.1) is 11.3 Å². The van der Waals surface area contributed by atoms with Crippen LogP contribution in [-0.4, -0.2) is 54.0 Å². The quantitative estimate of drug-likeness (QED) is 0.233. The number of esters is 1. The second kappa shape index (κ2) is 12.3. The van der Waals surface area contributed by atoms with E-state index in [1.165, 1.54) is 0 Å². The van der Waals surface area contributed by atoms with Crippen molar-refractivity contribution in [2.45, 2.75) is 40.7 Å². The van der Waals surface area contributed by atoms with Crippen LogP contribution in [0.5, 0.6) is 5.75 Å². The number of methoxy groups -OCH3 is 1.